The van der Waals surface area contributed by atoms with Crippen molar-refractivity contribution in [3.63, 3.8) is 0 Å². The number of nitro benzene ring substituents is 1. The first-order chi connectivity index (χ1) is 14.8. The number of carbonyl (C=O) groups excluding carboxylic acids is 2. The highest BCUT2D eigenvalue weighted by Gasteiger charge is 2.22. The van der Waals surface area contributed by atoms with Gasteiger partial charge in [-0.2, -0.15) is 0 Å². The summed E-state index contributed by atoms with van der Waals surface area (Å²) in [6, 6.07) is 8.76. The van der Waals surface area contributed by atoms with Crippen molar-refractivity contribution in [2.24, 2.45) is 0 Å². The zero-order chi connectivity index (χ0) is 22.5. The summed E-state index contributed by atoms with van der Waals surface area (Å²) in [7, 11) is 1.18. The molecule has 2 N–H and O–H groups in total. The Balaban J connectivity index is 1.80. The number of carbonyl (C=O) groups is 2. The summed E-state index contributed by atoms with van der Waals surface area (Å²) < 4.78 is 5.72. The van der Waals surface area contributed by atoms with Crippen LogP contribution in [0.1, 0.15) is 5.56 Å². The molecule has 0 saturated carbocycles. The first kappa shape index (κ1) is 21.4. The van der Waals surface area contributed by atoms with Gasteiger partial charge in [0.15, 0.2) is 0 Å². The van der Waals surface area contributed by atoms with E-state index in [1.807, 2.05) is 0 Å². The Morgan fingerprint density at radius 3 is 2.61 bits per heavy atom. The molecule has 1 unspecified atom stereocenters. The second-order valence-corrected chi connectivity index (χ2v) is 6.65. The average molecular weight is 426 g/mol. The van der Waals surface area contributed by atoms with Crippen LogP contribution >= 0.6 is 0 Å². The van der Waals surface area contributed by atoms with Crippen LogP contribution in [0, 0.1) is 10.1 Å². The van der Waals surface area contributed by atoms with Gasteiger partial charge in [-0.05, 0) is 23.8 Å². The number of nitrogens with one attached hydrogen (secondary N) is 1. The minimum Gasteiger partial charge on any atom is -0.508 e. The molecule has 0 spiro atoms. The van der Waals surface area contributed by atoms with Crippen molar-refractivity contribution < 1.29 is 24.4 Å². The van der Waals surface area contributed by atoms with Crippen molar-refractivity contribution in [2.45, 2.75) is 19.0 Å². The summed E-state index contributed by atoms with van der Waals surface area (Å²) in [5.41, 5.74) is 0.0302. The number of aromatic hydroxyl groups is 1. The molecule has 0 aliphatic carbocycles. The third kappa shape index (κ3) is 5.01. The van der Waals surface area contributed by atoms with E-state index in [2.05, 4.69) is 10.3 Å². The van der Waals surface area contributed by atoms with E-state index in [9.17, 15) is 29.6 Å². The van der Waals surface area contributed by atoms with Crippen molar-refractivity contribution in [1.82, 2.24) is 14.9 Å². The number of ether oxygens (including phenoxy) is 1. The first-order valence-corrected chi connectivity index (χ1v) is 9.07. The molecule has 3 aromatic rings. The highest BCUT2D eigenvalue weighted by Crippen LogP contribution is 2.16. The van der Waals surface area contributed by atoms with Crippen molar-refractivity contribution in [2.75, 3.05) is 7.11 Å². The molecule has 1 atom stereocenters. The molecule has 3 rings (SSSR count). The minimum atomic E-state index is -1.02. The van der Waals surface area contributed by atoms with Crippen LogP contribution in [0.25, 0.3) is 10.9 Å². The number of hydrogen-bond acceptors (Lipinski definition) is 8. The number of nitrogens with zero attached hydrogens (tertiary/aromatic N) is 3. The van der Waals surface area contributed by atoms with Crippen LogP contribution < -0.4 is 10.9 Å². The molecule has 0 fully saturated rings. The number of nitro groups is 1. The molecular formula is C20H18N4O7. The molecule has 11 nitrogen and oxygen atoms in total. The standard InChI is InChI=1S/C20H18N4O7/c1-31-20(28)17(8-12-2-5-14(25)6-3-12)22-18(26)10-23-11-21-16-7-4-13(24(29)30)9-15(16)19(23)27/h2-7,9,11,17,25H,8,10H2,1H3,(H,22,26). The number of benzene rings is 2. The SMILES string of the molecule is COC(=O)C(Cc1ccc(O)cc1)NC(=O)Cn1cnc2ccc([N+](=O)[O-])cc2c1=O. The van der Waals surface area contributed by atoms with Gasteiger partial charge in [-0.25, -0.2) is 9.78 Å². The molecule has 0 bridgehead atoms. The molecule has 1 heterocycles. The van der Waals surface area contributed by atoms with Gasteiger partial charge in [-0.15, -0.1) is 0 Å². The first-order valence-electron chi connectivity index (χ1n) is 9.07. The maximum absolute atomic E-state index is 12.6. The maximum Gasteiger partial charge on any atom is 0.328 e. The van der Waals surface area contributed by atoms with E-state index in [-0.39, 0.29) is 28.8 Å². The third-order valence-corrected chi connectivity index (χ3v) is 4.53. The van der Waals surface area contributed by atoms with Gasteiger partial charge in [0.1, 0.15) is 18.3 Å². The van der Waals surface area contributed by atoms with Crippen molar-refractivity contribution in [1.29, 1.82) is 0 Å². The Hall–Kier alpha value is -4.28. The monoisotopic (exact) mass is 426 g/mol. The molecule has 0 saturated heterocycles. The van der Waals surface area contributed by atoms with Gasteiger partial charge >= 0.3 is 5.97 Å². The summed E-state index contributed by atoms with van der Waals surface area (Å²) in [5.74, 6) is -1.27. The molecule has 2 aromatic carbocycles. The lowest BCUT2D eigenvalue weighted by molar-refractivity contribution is -0.384. The quantitative estimate of drug-likeness (QED) is 0.321. The van der Waals surface area contributed by atoms with Gasteiger partial charge in [-0.1, -0.05) is 12.1 Å². The summed E-state index contributed by atoms with van der Waals surface area (Å²) in [6.45, 7) is -0.451. The summed E-state index contributed by atoms with van der Waals surface area (Å²) in [5, 5.41) is 22.8. The molecular weight excluding hydrogens is 408 g/mol. The number of aromatic nitrogens is 2. The van der Waals surface area contributed by atoms with E-state index in [4.69, 9.17) is 4.74 Å². The lowest BCUT2D eigenvalue weighted by atomic mass is 10.1. The fraction of sp³-hybridized carbons (Fsp3) is 0.200. The molecule has 1 amide bonds. The fourth-order valence-corrected chi connectivity index (χ4v) is 2.97. The van der Waals surface area contributed by atoms with Gasteiger partial charge in [0.2, 0.25) is 5.91 Å². The van der Waals surface area contributed by atoms with Crippen LogP contribution in [0.15, 0.2) is 53.6 Å². The molecule has 0 aliphatic rings. The minimum absolute atomic E-state index is 0.00175. The Morgan fingerprint density at radius 2 is 1.97 bits per heavy atom. The Morgan fingerprint density at radius 1 is 1.26 bits per heavy atom. The lowest BCUT2D eigenvalue weighted by Gasteiger charge is -2.17. The Kier molecular flexibility index (Phi) is 6.24. The molecule has 1 aromatic heterocycles. The van der Waals surface area contributed by atoms with Gasteiger partial charge in [0.05, 0.1) is 29.3 Å². The number of non-ortho nitro benzene ring substituents is 1. The molecule has 0 aliphatic heterocycles. The van der Waals surface area contributed by atoms with E-state index in [0.717, 1.165) is 17.0 Å². The van der Waals surface area contributed by atoms with Gasteiger partial charge < -0.3 is 15.2 Å². The number of phenols is 1. The van der Waals surface area contributed by atoms with E-state index >= 15 is 0 Å². The van der Waals surface area contributed by atoms with E-state index < -0.39 is 34.9 Å². The van der Waals surface area contributed by atoms with Gasteiger partial charge in [0, 0.05) is 18.6 Å². The van der Waals surface area contributed by atoms with Crippen LogP contribution in [0.3, 0.4) is 0 Å². The maximum atomic E-state index is 12.6. The van der Waals surface area contributed by atoms with E-state index in [0.29, 0.717) is 5.56 Å². The second-order valence-electron chi connectivity index (χ2n) is 6.65. The van der Waals surface area contributed by atoms with Crippen LogP contribution in [0.4, 0.5) is 5.69 Å². The molecule has 31 heavy (non-hydrogen) atoms. The zero-order valence-corrected chi connectivity index (χ0v) is 16.3. The van der Waals surface area contributed by atoms with Crippen LogP contribution in [-0.2, 0) is 27.3 Å². The summed E-state index contributed by atoms with van der Waals surface area (Å²) >= 11 is 0. The topological polar surface area (TPSA) is 154 Å². The van der Waals surface area contributed by atoms with Gasteiger partial charge in [0.25, 0.3) is 11.2 Å². The van der Waals surface area contributed by atoms with Crippen molar-refractivity contribution >= 4 is 28.5 Å². The largest absolute Gasteiger partial charge is 0.508 e. The number of rotatable bonds is 7. The predicted molar refractivity (Wildman–Crippen MR) is 108 cm³/mol. The van der Waals surface area contributed by atoms with Crippen LogP contribution in [0.5, 0.6) is 5.75 Å². The number of hydrogen-bond donors (Lipinski definition) is 2. The molecule has 11 heteroatoms. The summed E-state index contributed by atoms with van der Waals surface area (Å²) in [6.07, 6.45) is 1.26. The number of phenolic OH excluding ortho intramolecular Hbond substituents is 1. The lowest BCUT2D eigenvalue weighted by Crippen LogP contribution is -2.45. The molecule has 160 valence electrons. The van der Waals surface area contributed by atoms with E-state index in [1.165, 1.54) is 31.4 Å². The highest BCUT2D eigenvalue weighted by molar-refractivity contribution is 5.85. The fourth-order valence-electron chi connectivity index (χ4n) is 2.97. The van der Waals surface area contributed by atoms with Crippen molar-refractivity contribution in [3.8, 4) is 5.75 Å². The Labute approximate surface area is 175 Å². The van der Waals surface area contributed by atoms with Crippen LogP contribution in [-0.4, -0.2) is 44.6 Å². The van der Waals surface area contributed by atoms with E-state index in [1.54, 1.807) is 12.1 Å². The average Bonchev–Trinajstić information content (AvgIpc) is 2.76. The molecule has 0 radical (unpaired) electrons. The number of esters is 1. The third-order valence-electron chi connectivity index (χ3n) is 4.53. The normalized spacial score (nSPS) is 11.6. The second kappa shape index (κ2) is 9.03. The smallest absolute Gasteiger partial charge is 0.328 e. The Bertz CT molecular complexity index is 1200. The predicted octanol–water partition coefficient (Wildman–Crippen LogP) is 0.911. The number of fused-ring (bicyclic) bond motifs is 1. The summed E-state index contributed by atoms with van der Waals surface area (Å²) in [4.78, 5) is 51.6. The zero-order valence-electron chi connectivity index (χ0n) is 16.3. The highest BCUT2D eigenvalue weighted by atomic mass is 16.6. The number of methoxy groups -OCH3 is 1. The van der Waals surface area contributed by atoms with Crippen molar-refractivity contribution in [3.05, 3.63) is 74.8 Å². The van der Waals surface area contributed by atoms with Gasteiger partial charge in [-0.3, -0.25) is 24.3 Å². The number of amides is 1. The van der Waals surface area contributed by atoms with Crippen LogP contribution in [0.2, 0.25) is 0 Å².